The number of aliphatic carboxylic acids is 1. The predicted molar refractivity (Wildman–Crippen MR) is 55.7 cm³/mol. The maximum absolute atomic E-state index is 10.5. The summed E-state index contributed by atoms with van der Waals surface area (Å²) >= 11 is 0. The van der Waals surface area contributed by atoms with Gasteiger partial charge in [-0.2, -0.15) is 0 Å². The predicted octanol–water partition coefficient (Wildman–Crippen LogP) is 0.760. The highest BCUT2D eigenvalue weighted by atomic mass is 16.5. The first-order valence-corrected chi connectivity index (χ1v) is 4.55. The lowest BCUT2D eigenvalue weighted by Gasteiger charge is -1.97. The maximum Gasteiger partial charge on any atom is 0.329 e. The minimum absolute atomic E-state index is 0.0385. The molecule has 0 aliphatic carbocycles. The number of carboxylic acids is 1. The van der Waals surface area contributed by atoms with Crippen molar-refractivity contribution in [1.82, 2.24) is 0 Å². The summed E-state index contributed by atoms with van der Waals surface area (Å²) in [6, 6.07) is 0. The fourth-order valence-corrected chi connectivity index (χ4v) is 0.525. The topological polar surface area (TPSA) is 89.9 Å². The number of carboxylic acid groups (broad SMARTS) is 1. The fourth-order valence-electron chi connectivity index (χ4n) is 0.525. The molecule has 0 bridgehead atoms. The second kappa shape index (κ2) is 11.2. The zero-order chi connectivity index (χ0) is 13.0. The van der Waals surface area contributed by atoms with E-state index in [-0.39, 0.29) is 12.8 Å². The summed E-state index contributed by atoms with van der Waals surface area (Å²) in [7, 11) is 1.31. The van der Waals surface area contributed by atoms with Crippen LogP contribution in [0.4, 0.5) is 0 Å². The van der Waals surface area contributed by atoms with E-state index < -0.39 is 17.9 Å². The first kappa shape index (κ1) is 16.6. The highest BCUT2D eigenvalue weighted by Gasteiger charge is 2.04. The second-order valence-electron chi connectivity index (χ2n) is 2.43. The fraction of sp³-hybridized carbons (Fsp3) is 0.500. The number of rotatable bonds is 5. The number of ether oxygens (including phenoxy) is 2. The Hall–Kier alpha value is -1.85. The molecule has 0 spiro atoms. The van der Waals surface area contributed by atoms with E-state index in [2.05, 4.69) is 16.1 Å². The number of methoxy groups -OCH3 is 1. The average molecular weight is 232 g/mol. The monoisotopic (exact) mass is 232 g/mol. The average Bonchev–Trinajstić information content (AvgIpc) is 2.26. The molecule has 0 aromatic rings. The Kier molecular flexibility index (Phi) is 11.6. The Morgan fingerprint density at radius 2 is 1.88 bits per heavy atom. The normalized spacial score (nSPS) is 8.12. The molecule has 0 fully saturated rings. The highest BCUT2D eigenvalue weighted by molar-refractivity contribution is 5.80. The van der Waals surface area contributed by atoms with Gasteiger partial charge in [-0.3, -0.25) is 9.59 Å². The van der Waals surface area contributed by atoms with E-state index in [9.17, 15) is 14.4 Å². The van der Waals surface area contributed by atoms with Crippen LogP contribution < -0.4 is 0 Å². The van der Waals surface area contributed by atoms with Crippen LogP contribution in [0.15, 0.2) is 12.7 Å². The molecule has 6 nitrogen and oxygen atoms in total. The maximum atomic E-state index is 10.5. The number of hydrogen-bond acceptors (Lipinski definition) is 5. The zero-order valence-electron chi connectivity index (χ0n) is 9.39. The van der Waals surface area contributed by atoms with Crippen molar-refractivity contribution in [1.29, 1.82) is 0 Å². The van der Waals surface area contributed by atoms with Crippen LogP contribution in [-0.4, -0.2) is 36.7 Å². The molecule has 0 saturated heterocycles. The van der Waals surface area contributed by atoms with Gasteiger partial charge in [0, 0.05) is 6.08 Å². The lowest BCUT2D eigenvalue weighted by atomic mass is 10.3. The van der Waals surface area contributed by atoms with Crippen molar-refractivity contribution in [2.24, 2.45) is 0 Å². The summed E-state index contributed by atoms with van der Waals surface area (Å²) in [6.07, 6.45) is 0.919. The third-order valence-electron chi connectivity index (χ3n) is 1.22. The molecule has 16 heavy (non-hydrogen) atoms. The van der Waals surface area contributed by atoms with Gasteiger partial charge in [-0.05, 0) is 6.92 Å². The molecule has 0 amide bonds. The van der Waals surface area contributed by atoms with E-state index in [4.69, 9.17) is 5.11 Å². The Morgan fingerprint density at radius 1 is 1.31 bits per heavy atom. The third-order valence-corrected chi connectivity index (χ3v) is 1.22. The molecule has 0 unspecified atom stereocenters. The Morgan fingerprint density at radius 3 is 2.12 bits per heavy atom. The van der Waals surface area contributed by atoms with Crippen molar-refractivity contribution in [2.75, 3.05) is 13.7 Å². The first-order chi connectivity index (χ1) is 7.47. The van der Waals surface area contributed by atoms with Gasteiger partial charge >= 0.3 is 17.9 Å². The van der Waals surface area contributed by atoms with Crippen molar-refractivity contribution >= 4 is 17.9 Å². The molecule has 92 valence electrons. The van der Waals surface area contributed by atoms with Crippen molar-refractivity contribution in [3.8, 4) is 0 Å². The van der Waals surface area contributed by atoms with Crippen LogP contribution in [0.1, 0.15) is 19.8 Å². The molecule has 0 heterocycles. The Balaban J connectivity index is 0. The van der Waals surface area contributed by atoms with Gasteiger partial charge < -0.3 is 14.6 Å². The molecule has 0 aromatic heterocycles. The molecule has 6 heteroatoms. The number of esters is 2. The molecule has 0 aliphatic heterocycles. The lowest BCUT2D eigenvalue weighted by Crippen LogP contribution is -2.06. The van der Waals surface area contributed by atoms with Gasteiger partial charge in [0.2, 0.25) is 0 Å². The first-order valence-electron chi connectivity index (χ1n) is 4.55. The van der Waals surface area contributed by atoms with Crippen LogP contribution in [-0.2, 0) is 23.9 Å². The van der Waals surface area contributed by atoms with Gasteiger partial charge in [0.25, 0.3) is 0 Å². The summed E-state index contributed by atoms with van der Waals surface area (Å²) in [5.41, 5.74) is 0. The van der Waals surface area contributed by atoms with E-state index in [1.807, 2.05) is 0 Å². The van der Waals surface area contributed by atoms with E-state index in [1.165, 1.54) is 7.11 Å². The van der Waals surface area contributed by atoms with Crippen LogP contribution >= 0.6 is 0 Å². The van der Waals surface area contributed by atoms with Crippen molar-refractivity contribution in [3.05, 3.63) is 12.7 Å². The molecular weight excluding hydrogens is 216 g/mol. The highest BCUT2D eigenvalue weighted by Crippen LogP contribution is 1.91. The second-order valence-corrected chi connectivity index (χ2v) is 2.43. The molecule has 0 aromatic carbocycles. The lowest BCUT2D eigenvalue weighted by molar-refractivity contribution is -0.147. The van der Waals surface area contributed by atoms with Crippen molar-refractivity contribution in [3.63, 3.8) is 0 Å². The summed E-state index contributed by atoms with van der Waals surface area (Å²) < 4.78 is 8.63. The number of carbonyl (C=O) groups excluding carboxylic acids is 2. The molecular formula is C10H16O6. The summed E-state index contributed by atoms with van der Waals surface area (Å²) in [6.45, 7) is 5.14. The standard InChI is InChI=1S/C6H10O4.C4H6O2/c1-2-10-6(9)4-3-5(7)8;1-3-4(5)6-2/h2-4H2,1H3,(H,7,8);3H,1H2,2H3. The largest absolute Gasteiger partial charge is 0.481 e. The van der Waals surface area contributed by atoms with Gasteiger partial charge in [-0.1, -0.05) is 6.58 Å². The van der Waals surface area contributed by atoms with E-state index in [0.717, 1.165) is 6.08 Å². The van der Waals surface area contributed by atoms with Gasteiger partial charge in [0.15, 0.2) is 0 Å². The van der Waals surface area contributed by atoms with E-state index >= 15 is 0 Å². The molecule has 0 saturated carbocycles. The van der Waals surface area contributed by atoms with Crippen LogP contribution in [0.25, 0.3) is 0 Å². The summed E-state index contributed by atoms with van der Waals surface area (Å²) in [5, 5.41) is 8.12. The van der Waals surface area contributed by atoms with E-state index in [1.54, 1.807) is 6.92 Å². The van der Waals surface area contributed by atoms with Crippen LogP contribution in [0.5, 0.6) is 0 Å². The van der Waals surface area contributed by atoms with Crippen LogP contribution in [0.2, 0.25) is 0 Å². The molecule has 0 atom stereocenters. The summed E-state index contributed by atoms with van der Waals surface area (Å²) in [4.78, 5) is 30.2. The van der Waals surface area contributed by atoms with Gasteiger partial charge in [0.05, 0.1) is 26.6 Å². The third kappa shape index (κ3) is 14.7. The zero-order valence-corrected chi connectivity index (χ0v) is 9.39. The number of carbonyl (C=O) groups is 3. The van der Waals surface area contributed by atoms with Crippen LogP contribution in [0.3, 0.4) is 0 Å². The Bertz CT molecular complexity index is 246. The smallest absolute Gasteiger partial charge is 0.329 e. The van der Waals surface area contributed by atoms with Crippen molar-refractivity contribution in [2.45, 2.75) is 19.8 Å². The van der Waals surface area contributed by atoms with Gasteiger partial charge in [-0.15, -0.1) is 0 Å². The SMILES string of the molecule is C=CC(=O)OC.CCOC(=O)CCC(=O)O. The van der Waals surface area contributed by atoms with Gasteiger partial charge in [0.1, 0.15) is 0 Å². The molecule has 0 radical (unpaired) electrons. The number of hydrogen-bond donors (Lipinski definition) is 1. The summed E-state index contributed by atoms with van der Waals surface area (Å²) in [5.74, 6) is -1.83. The molecule has 0 rings (SSSR count). The van der Waals surface area contributed by atoms with Crippen molar-refractivity contribution < 1.29 is 29.0 Å². The van der Waals surface area contributed by atoms with E-state index in [0.29, 0.717) is 6.61 Å². The van der Waals surface area contributed by atoms with Gasteiger partial charge in [-0.25, -0.2) is 4.79 Å². The van der Waals surface area contributed by atoms with Crippen LogP contribution in [0, 0.1) is 0 Å². The minimum atomic E-state index is -0.979. The Labute approximate surface area is 93.8 Å². The quantitative estimate of drug-likeness (QED) is 0.556. The molecule has 0 aliphatic rings. The minimum Gasteiger partial charge on any atom is -0.481 e. The molecule has 1 N–H and O–H groups in total.